The normalized spacial score (nSPS) is 21.4. The van der Waals surface area contributed by atoms with Crippen LogP contribution in [-0.2, 0) is 10.2 Å². The number of aromatic nitrogens is 2. The van der Waals surface area contributed by atoms with Crippen molar-refractivity contribution in [3.05, 3.63) is 54.0 Å². The molecule has 1 saturated heterocycles. The van der Waals surface area contributed by atoms with Crippen LogP contribution in [0.25, 0.3) is 0 Å². The van der Waals surface area contributed by atoms with Gasteiger partial charge in [0, 0.05) is 36.9 Å². The van der Waals surface area contributed by atoms with Crippen molar-refractivity contribution in [2.45, 2.75) is 62.9 Å². The number of carbonyl (C=O) groups excluding carboxylic acids is 1. The van der Waals surface area contributed by atoms with Crippen molar-refractivity contribution in [1.29, 1.82) is 0 Å². The summed E-state index contributed by atoms with van der Waals surface area (Å²) >= 11 is 0. The molecule has 28 heavy (non-hydrogen) atoms. The molecular formula is C23H28N4O. The largest absolute Gasteiger partial charge is 0.350 e. The van der Waals surface area contributed by atoms with E-state index in [2.05, 4.69) is 38.0 Å². The van der Waals surface area contributed by atoms with Crippen molar-refractivity contribution in [3.8, 4) is 0 Å². The smallest absolute Gasteiger partial charge is 0.233 e. The summed E-state index contributed by atoms with van der Waals surface area (Å²) in [7, 11) is 0. The summed E-state index contributed by atoms with van der Waals surface area (Å²) in [5.41, 5.74) is 1.97. The van der Waals surface area contributed by atoms with Crippen LogP contribution in [0.5, 0.6) is 0 Å². The molecule has 0 N–H and O–H groups in total. The van der Waals surface area contributed by atoms with Gasteiger partial charge in [-0.2, -0.15) is 0 Å². The van der Waals surface area contributed by atoms with Gasteiger partial charge in [-0.3, -0.25) is 4.79 Å². The van der Waals surface area contributed by atoms with Gasteiger partial charge in [-0.25, -0.2) is 9.97 Å². The molecule has 1 aromatic carbocycles. The summed E-state index contributed by atoms with van der Waals surface area (Å²) in [4.78, 5) is 26.8. The summed E-state index contributed by atoms with van der Waals surface area (Å²) in [6.45, 7) is 3.73. The third-order valence-electron chi connectivity index (χ3n) is 6.63. The SMILES string of the molecule is Cc1cc(N(C2CC2)C2CCN(C(=O)C3(c4ccccc4)CC3)CC2)ncn1. The molecule has 0 bridgehead atoms. The van der Waals surface area contributed by atoms with Gasteiger partial charge in [0.05, 0.1) is 5.41 Å². The fourth-order valence-electron chi connectivity index (χ4n) is 4.76. The number of hydrogen-bond acceptors (Lipinski definition) is 4. The molecule has 1 amide bonds. The van der Waals surface area contributed by atoms with Crippen molar-refractivity contribution in [2.75, 3.05) is 18.0 Å². The molecule has 3 fully saturated rings. The Morgan fingerprint density at radius 2 is 1.71 bits per heavy atom. The second-order valence-electron chi connectivity index (χ2n) is 8.63. The van der Waals surface area contributed by atoms with Crippen molar-refractivity contribution >= 4 is 11.7 Å². The number of benzene rings is 1. The van der Waals surface area contributed by atoms with Crippen LogP contribution in [0.15, 0.2) is 42.7 Å². The third-order valence-corrected chi connectivity index (χ3v) is 6.63. The molecule has 2 aliphatic carbocycles. The molecular weight excluding hydrogens is 348 g/mol. The van der Waals surface area contributed by atoms with E-state index in [0.29, 0.717) is 18.0 Å². The molecule has 3 aliphatic rings. The van der Waals surface area contributed by atoms with Crippen LogP contribution < -0.4 is 4.90 Å². The third kappa shape index (κ3) is 3.17. The topological polar surface area (TPSA) is 49.3 Å². The highest BCUT2D eigenvalue weighted by atomic mass is 16.2. The van der Waals surface area contributed by atoms with Crippen molar-refractivity contribution in [2.24, 2.45) is 0 Å². The van der Waals surface area contributed by atoms with Gasteiger partial charge in [0.25, 0.3) is 0 Å². The first-order valence-electron chi connectivity index (χ1n) is 10.6. The van der Waals surface area contributed by atoms with Gasteiger partial charge in [-0.05, 0) is 51.0 Å². The molecule has 2 aromatic rings. The molecule has 5 nitrogen and oxygen atoms in total. The predicted molar refractivity (Wildman–Crippen MR) is 109 cm³/mol. The van der Waals surface area contributed by atoms with E-state index in [-0.39, 0.29) is 5.41 Å². The van der Waals surface area contributed by atoms with Crippen LogP contribution in [0.2, 0.25) is 0 Å². The monoisotopic (exact) mass is 376 g/mol. The standard InChI is InChI=1S/C23H28N4O/c1-17-15-21(25-16-24-17)27(19-7-8-19)20-9-13-26(14-10-20)22(28)23(11-12-23)18-5-3-2-4-6-18/h2-6,15-16,19-20H,7-14H2,1H3. The van der Waals surface area contributed by atoms with Gasteiger partial charge in [-0.15, -0.1) is 0 Å². The molecule has 2 heterocycles. The zero-order chi connectivity index (χ0) is 19.1. The van der Waals surface area contributed by atoms with E-state index in [4.69, 9.17) is 0 Å². The van der Waals surface area contributed by atoms with Gasteiger partial charge in [-0.1, -0.05) is 30.3 Å². The summed E-state index contributed by atoms with van der Waals surface area (Å²) in [5, 5.41) is 0. The summed E-state index contributed by atoms with van der Waals surface area (Å²) < 4.78 is 0. The Bertz CT molecular complexity index is 852. The Morgan fingerprint density at radius 3 is 2.32 bits per heavy atom. The lowest BCUT2D eigenvalue weighted by Gasteiger charge is -2.40. The van der Waals surface area contributed by atoms with Crippen LogP contribution in [0, 0.1) is 6.92 Å². The minimum Gasteiger partial charge on any atom is -0.350 e. The highest BCUT2D eigenvalue weighted by molar-refractivity contribution is 5.91. The van der Waals surface area contributed by atoms with Crippen molar-refractivity contribution in [1.82, 2.24) is 14.9 Å². The highest BCUT2D eigenvalue weighted by Crippen LogP contribution is 2.50. The molecule has 5 rings (SSSR count). The molecule has 0 atom stereocenters. The maximum absolute atomic E-state index is 13.3. The Hall–Kier alpha value is -2.43. The van der Waals surface area contributed by atoms with Gasteiger partial charge >= 0.3 is 0 Å². The lowest BCUT2D eigenvalue weighted by molar-refractivity contribution is -0.135. The van der Waals surface area contributed by atoms with E-state index in [0.717, 1.165) is 50.3 Å². The van der Waals surface area contributed by atoms with Crippen molar-refractivity contribution < 1.29 is 4.79 Å². The van der Waals surface area contributed by atoms with E-state index in [1.165, 1.54) is 18.4 Å². The first kappa shape index (κ1) is 17.7. The van der Waals surface area contributed by atoms with E-state index in [1.807, 2.05) is 25.1 Å². The Morgan fingerprint density at radius 1 is 1.04 bits per heavy atom. The van der Waals surface area contributed by atoms with E-state index < -0.39 is 0 Å². The number of anilines is 1. The van der Waals surface area contributed by atoms with E-state index in [1.54, 1.807) is 6.33 Å². The van der Waals surface area contributed by atoms with Gasteiger partial charge < -0.3 is 9.80 Å². The summed E-state index contributed by atoms with van der Waals surface area (Å²) in [5.74, 6) is 1.40. The number of hydrogen-bond donors (Lipinski definition) is 0. The molecule has 5 heteroatoms. The molecule has 1 aliphatic heterocycles. The zero-order valence-corrected chi connectivity index (χ0v) is 16.6. The lowest BCUT2D eigenvalue weighted by atomic mass is 9.92. The minimum absolute atomic E-state index is 0.242. The van der Waals surface area contributed by atoms with E-state index in [9.17, 15) is 4.79 Å². The van der Waals surface area contributed by atoms with Crippen LogP contribution in [-0.4, -0.2) is 45.9 Å². The Balaban J connectivity index is 1.28. The number of amides is 1. The van der Waals surface area contributed by atoms with Crippen molar-refractivity contribution in [3.63, 3.8) is 0 Å². The quantitative estimate of drug-likeness (QED) is 0.802. The summed E-state index contributed by atoms with van der Waals surface area (Å²) in [6.07, 6.45) is 8.20. The number of carbonyl (C=O) groups is 1. The summed E-state index contributed by atoms with van der Waals surface area (Å²) in [6, 6.07) is 13.5. The van der Waals surface area contributed by atoms with E-state index >= 15 is 0 Å². The first-order chi connectivity index (χ1) is 13.7. The number of nitrogens with zero attached hydrogens (tertiary/aromatic N) is 4. The molecule has 1 aromatic heterocycles. The van der Waals surface area contributed by atoms with Gasteiger partial charge in [0.2, 0.25) is 5.91 Å². The Kier molecular flexibility index (Phi) is 4.33. The molecule has 0 radical (unpaired) electrons. The average molecular weight is 377 g/mol. The molecule has 0 unspecified atom stereocenters. The van der Waals surface area contributed by atoms with Crippen LogP contribution in [0.4, 0.5) is 5.82 Å². The minimum atomic E-state index is -0.242. The van der Waals surface area contributed by atoms with Crippen LogP contribution >= 0.6 is 0 Å². The van der Waals surface area contributed by atoms with Gasteiger partial charge in [0.15, 0.2) is 0 Å². The first-order valence-corrected chi connectivity index (χ1v) is 10.6. The van der Waals surface area contributed by atoms with Crippen LogP contribution in [0.1, 0.15) is 49.8 Å². The molecule has 146 valence electrons. The maximum Gasteiger partial charge on any atom is 0.233 e. The fraction of sp³-hybridized carbons (Fsp3) is 0.522. The Labute approximate surface area is 166 Å². The number of aryl methyl sites for hydroxylation is 1. The lowest BCUT2D eigenvalue weighted by Crippen LogP contribution is -2.50. The highest BCUT2D eigenvalue weighted by Gasteiger charge is 2.53. The number of likely N-dealkylation sites (tertiary alicyclic amines) is 1. The zero-order valence-electron chi connectivity index (χ0n) is 16.6. The van der Waals surface area contributed by atoms with Gasteiger partial charge in [0.1, 0.15) is 12.1 Å². The fourth-order valence-corrected chi connectivity index (χ4v) is 4.76. The molecule has 0 spiro atoms. The average Bonchev–Trinajstić information content (AvgIpc) is 3.64. The second kappa shape index (κ2) is 6.87. The number of rotatable bonds is 5. The molecule has 2 saturated carbocycles. The second-order valence-corrected chi connectivity index (χ2v) is 8.63. The van der Waals surface area contributed by atoms with Crippen LogP contribution in [0.3, 0.4) is 0 Å². The maximum atomic E-state index is 13.3. The predicted octanol–water partition coefficient (Wildman–Crippen LogP) is 3.48. The number of piperidine rings is 1.